The number of rotatable bonds is 7. The summed E-state index contributed by atoms with van der Waals surface area (Å²) >= 11 is 0. The third-order valence-corrected chi connectivity index (χ3v) is 3.75. The molecule has 1 aromatic heterocycles. The van der Waals surface area contributed by atoms with Gasteiger partial charge in [0.1, 0.15) is 0 Å². The zero-order valence-electron chi connectivity index (χ0n) is 15.0. The average Bonchev–Trinajstić information content (AvgIpc) is 2.66. The van der Waals surface area contributed by atoms with Crippen molar-refractivity contribution < 1.29 is 9.47 Å². The second-order valence-electron chi connectivity index (χ2n) is 5.70. The lowest BCUT2D eigenvalue weighted by atomic mass is 10.2. The lowest BCUT2D eigenvalue weighted by Gasteiger charge is -2.11. The van der Waals surface area contributed by atoms with Crippen molar-refractivity contribution >= 4 is 17.5 Å². The van der Waals surface area contributed by atoms with E-state index in [4.69, 9.17) is 9.47 Å². The van der Waals surface area contributed by atoms with Gasteiger partial charge in [0.05, 0.1) is 20.4 Å². The van der Waals surface area contributed by atoms with Crippen molar-refractivity contribution in [1.29, 1.82) is 0 Å². The van der Waals surface area contributed by atoms with Gasteiger partial charge in [0.2, 0.25) is 5.95 Å². The highest BCUT2D eigenvalue weighted by Gasteiger charge is 2.06. The summed E-state index contributed by atoms with van der Waals surface area (Å²) in [6, 6.07) is 13.8. The van der Waals surface area contributed by atoms with Crippen LogP contribution in [0.15, 0.2) is 48.7 Å². The van der Waals surface area contributed by atoms with E-state index in [9.17, 15) is 0 Å². The first kappa shape index (κ1) is 17.5. The second-order valence-corrected chi connectivity index (χ2v) is 5.70. The number of nitrogens with one attached hydrogen (secondary N) is 2. The predicted octanol–water partition coefficient (Wildman–Crippen LogP) is 3.55. The van der Waals surface area contributed by atoms with E-state index in [-0.39, 0.29) is 0 Å². The Morgan fingerprint density at radius 1 is 1.00 bits per heavy atom. The molecule has 1 heterocycles. The van der Waals surface area contributed by atoms with Crippen LogP contribution in [0.5, 0.6) is 11.5 Å². The van der Waals surface area contributed by atoms with E-state index in [1.165, 1.54) is 5.56 Å². The lowest BCUT2D eigenvalue weighted by molar-refractivity contribution is 0.354. The summed E-state index contributed by atoms with van der Waals surface area (Å²) in [6.45, 7) is 2.58. The van der Waals surface area contributed by atoms with Crippen LogP contribution < -0.4 is 20.1 Å². The zero-order valence-corrected chi connectivity index (χ0v) is 15.0. The van der Waals surface area contributed by atoms with Crippen LogP contribution in [0.2, 0.25) is 0 Å². The van der Waals surface area contributed by atoms with E-state index >= 15 is 0 Å². The minimum atomic E-state index is 0.442. The van der Waals surface area contributed by atoms with E-state index < -0.39 is 0 Å². The molecule has 2 N–H and O–H groups in total. The Morgan fingerprint density at radius 3 is 2.62 bits per heavy atom. The van der Waals surface area contributed by atoms with Crippen LogP contribution in [0.4, 0.5) is 17.5 Å². The normalized spacial score (nSPS) is 10.3. The van der Waals surface area contributed by atoms with Crippen molar-refractivity contribution in [3.63, 3.8) is 0 Å². The number of methoxy groups -OCH3 is 2. The molecule has 0 saturated heterocycles. The average molecular weight is 351 g/mol. The molecule has 0 bridgehead atoms. The van der Waals surface area contributed by atoms with Crippen molar-refractivity contribution in [3.8, 4) is 11.5 Å². The van der Waals surface area contributed by atoms with E-state index in [2.05, 4.69) is 25.8 Å². The van der Waals surface area contributed by atoms with Gasteiger partial charge in [0, 0.05) is 12.2 Å². The Balaban J connectivity index is 1.67. The minimum absolute atomic E-state index is 0.442. The summed E-state index contributed by atoms with van der Waals surface area (Å²) in [5.74, 6) is 2.44. The maximum Gasteiger partial charge on any atom is 0.244 e. The molecule has 0 spiro atoms. The maximum atomic E-state index is 5.32. The van der Waals surface area contributed by atoms with Gasteiger partial charge in [-0.1, -0.05) is 18.2 Å². The van der Waals surface area contributed by atoms with Gasteiger partial charge in [-0.2, -0.15) is 10.1 Å². The fourth-order valence-electron chi connectivity index (χ4n) is 2.48. The number of ether oxygens (including phenoxy) is 2. The largest absolute Gasteiger partial charge is 0.493 e. The third kappa shape index (κ3) is 4.38. The minimum Gasteiger partial charge on any atom is -0.493 e. The fourth-order valence-corrected chi connectivity index (χ4v) is 2.48. The molecule has 0 amide bonds. The number of hydrogen-bond donors (Lipinski definition) is 2. The molecule has 7 nitrogen and oxygen atoms in total. The van der Waals surface area contributed by atoms with E-state index in [0.29, 0.717) is 29.8 Å². The first-order valence-corrected chi connectivity index (χ1v) is 8.16. The molecule has 0 aliphatic carbocycles. The molecule has 0 radical (unpaired) electrons. The van der Waals surface area contributed by atoms with Crippen LogP contribution in [0, 0.1) is 6.92 Å². The van der Waals surface area contributed by atoms with E-state index in [0.717, 1.165) is 11.3 Å². The molecule has 2 aromatic carbocycles. The van der Waals surface area contributed by atoms with Crippen LogP contribution in [-0.4, -0.2) is 29.4 Å². The molecule has 26 heavy (non-hydrogen) atoms. The van der Waals surface area contributed by atoms with Crippen molar-refractivity contribution in [1.82, 2.24) is 15.2 Å². The van der Waals surface area contributed by atoms with Gasteiger partial charge < -0.3 is 20.1 Å². The van der Waals surface area contributed by atoms with Crippen LogP contribution in [0.25, 0.3) is 0 Å². The van der Waals surface area contributed by atoms with Crippen LogP contribution in [0.3, 0.4) is 0 Å². The highest BCUT2D eigenvalue weighted by Crippen LogP contribution is 2.27. The highest BCUT2D eigenvalue weighted by atomic mass is 16.5. The van der Waals surface area contributed by atoms with Gasteiger partial charge in [-0.15, -0.1) is 5.10 Å². The molecular formula is C19H21N5O2. The van der Waals surface area contributed by atoms with Crippen molar-refractivity contribution in [2.75, 3.05) is 24.9 Å². The SMILES string of the molecule is COc1ccc(CNc2nncc(Nc3cccc(C)c3)n2)cc1OC. The summed E-state index contributed by atoms with van der Waals surface area (Å²) in [4.78, 5) is 4.44. The fraction of sp³-hybridized carbons (Fsp3) is 0.211. The molecule has 7 heteroatoms. The molecule has 0 unspecified atom stereocenters. The smallest absolute Gasteiger partial charge is 0.244 e. The van der Waals surface area contributed by atoms with Crippen molar-refractivity contribution in [3.05, 3.63) is 59.8 Å². The Morgan fingerprint density at radius 2 is 1.85 bits per heavy atom. The third-order valence-electron chi connectivity index (χ3n) is 3.75. The summed E-state index contributed by atoms with van der Waals surface area (Å²) in [7, 11) is 3.23. The van der Waals surface area contributed by atoms with Crippen LogP contribution >= 0.6 is 0 Å². The number of anilines is 3. The van der Waals surface area contributed by atoms with E-state index in [1.54, 1.807) is 20.4 Å². The Kier molecular flexibility index (Phi) is 5.48. The summed E-state index contributed by atoms with van der Waals surface area (Å²) < 4.78 is 10.6. The predicted molar refractivity (Wildman–Crippen MR) is 101 cm³/mol. The number of hydrogen-bond acceptors (Lipinski definition) is 7. The second kappa shape index (κ2) is 8.15. The molecule has 0 aliphatic rings. The molecule has 0 atom stereocenters. The quantitative estimate of drug-likeness (QED) is 0.673. The van der Waals surface area contributed by atoms with Gasteiger partial charge in [0.15, 0.2) is 17.3 Å². The number of aryl methyl sites for hydroxylation is 1. The molecule has 134 valence electrons. The van der Waals surface area contributed by atoms with Crippen molar-refractivity contribution in [2.45, 2.75) is 13.5 Å². The molecule has 0 aliphatic heterocycles. The Labute approximate surface area is 152 Å². The molecule has 0 fully saturated rings. The molecular weight excluding hydrogens is 330 g/mol. The first-order chi connectivity index (χ1) is 12.7. The van der Waals surface area contributed by atoms with Crippen LogP contribution in [-0.2, 0) is 6.54 Å². The number of aromatic nitrogens is 3. The van der Waals surface area contributed by atoms with Gasteiger partial charge >= 0.3 is 0 Å². The Hall–Kier alpha value is -3.35. The number of benzene rings is 2. The molecule has 3 aromatic rings. The highest BCUT2D eigenvalue weighted by molar-refractivity contribution is 5.57. The van der Waals surface area contributed by atoms with Crippen molar-refractivity contribution in [2.24, 2.45) is 0 Å². The van der Waals surface area contributed by atoms with Gasteiger partial charge in [-0.3, -0.25) is 0 Å². The standard InChI is InChI=1S/C19H21N5O2/c1-13-5-4-6-15(9-13)22-18-12-21-24-19(23-18)20-11-14-7-8-16(25-2)17(10-14)26-3/h4-10,12H,11H2,1-3H3,(H2,20,22,23,24). The topological polar surface area (TPSA) is 81.2 Å². The Bertz CT molecular complexity index is 885. The van der Waals surface area contributed by atoms with Gasteiger partial charge in [-0.05, 0) is 42.3 Å². The summed E-state index contributed by atoms with van der Waals surface area (Å²) in [5, 5.41) is 14.4. The van der Waals surface area contributed by atoms with E-state index in [1.807, 2.05) is 49.4 Å². The lowest BCUT2D eigenvalue weighted by Crippen LogP contribution is -2.06. The van der Waals surface area contributed by atoms with Gasteiger partial charge in [-0.25, -0.2) is 0 Å². The van der Waals surface area contributed by atoms with Crippen LogP contribution in [0.1, 0.15) is 11.1 Å². The zero-order chi connectivity index (χ0) is 18.4. The molecule has 3 rings (SSSR count). The summed E-state index contributed by atoms with van der Waals surface area (Å²) in [5.41, 5.74) is 3.14. The van der Waals surface area contributed by atoms with Gasteiger partial charge in [0.25, 0.3) is 0 Å². The first-order valence-electron chi connectivity index (χ1n) is 8.16. The summed E-state index contributed by atoms with van der Waals surface area (Å²) in [6.07, 6.45) is 1.59. The molecule has 0 saturated carbocycles. The monoisotopic (exact) mass is 351 g/mol. The number of nitrogens with zero attached hydrogens (tertiary/aromatic N) is 3. The maximum absolute atomic E-state index is 5.32.